The van der Waals surface area contributed by atoms with Crippen LogP contribution in [0.25, 0.3) is 0 Å². The summed E-state index contributed by atoms with van der Waals surface area (Å²) in [4.78, 5) is 24.7. The summed E-state index contributed by atoms with van der Waals surface area (Å²) >= 11 is 0. The maximum absolute atomic E-state index is 12.4. The van der Waals surface area contributed by atoms with Crippen molar-refractivity contribution in [3.05, 3.63) is 0 Å². The molecule has 0 heterocycles. The Morgan fingerprint density at radius 2 is 1.71 bits per heavy atom. The van der Waals surface area contributed by atoms with Crippen LogP contribution in [0.15, 0.2) is 0 Å². The summed E-state index contributed by atoms with van der Waals surface area (Å²) in [6.07, 6.45) is 8.51. The fourth-order valence-corrected chi connectivity index (χ4v) is 7.20. The van der Waals surface area contributed by atoms with Crippen molar-refractivity contribution in [1.82, 2.24) is 0 Å². The van der Waals surface area contributed by atoms with Crippen LogP contribution in [0.4, 0.5) is 0 Å². The number of carbonyl (C=O) groups excluding carboxylic acids is 2. The largest absolute Gasteiger partial charge is 0.299 e. The van der Waals surface area contributed by atoms with E-state index >= 15 is 0 Å². The number of fused-ring (bicyclic) bond motifs is 3. The van der Waals surface area contributed by atoms with Gasteiger partial charge in [0, 0.05) is 24.2 Å². The van der Waals surface area contributed by atoms with Crippen molar-refractivity contribution in [2.75, 3.05) is 0 Å². The minimum atomic E-state index is -0.159. The zero-order valence-corrected chi connectivity index (χ0v) is 13.7. The number of ketones is 2. The van der Waals surface area contributed by atoms with Crippen LogP contribution < -0.4 is 0 Å². The minimum Gasteiger partial charge on any atom is -0.299 e. The summed E-state index contributed by atoms with van der Waals surface area (Å²) in [5.41, 5.74) is 0.432. The molecule has 0 unspecified atom stereocenters. The molecule has 1 spiro atoms. The Balaban J connectivity index is 1.75. The molecule has 0 aromatic carbocycles. The molecule has 0 aromatic rings. The van der Waals surface area contributed by atoms with E-state index in [0.717, 1.165) is 38.5 Å². The van der Waals surface area contributed by atoms with Gasteiger partial charge in [-0.3, -0.25) is 9.59 Å². The lowest BCUT2D eigenvalue weighted by Crippen LogP contribution is -2.58. The maximum Gasteiger partial charge on any atom is 0.138 e. The second kappa shape index (κ2) is 4.00. The van der Waals surface area contributed by atoms with Gasteiger partial charge in [-0.05, 0) is 61.2 Å². The molecule has 0 aliphatic heterocycles. The third kappa shape index (κ3) is 1.60. The van der Waals surface area contributed by atoms with E-state index in [9.17, 15) is 9.59 Å². The third-order valence-electron chi connectivity index (χ3n) is 8.18. The fourth-order valence-electron chi connectivity index (χ4n) is 7.20. The molecule has 4 aliphatic carbocycles. The van der Waals surface area contributed by atoms with Crippen LogP contribution in [-0.4, -0.2) is 11.6 Å². The van der Waals surface area contributed by atoms with Gasteiger partial charge in [-0.15, -0.1) is 0 Å². The summed E-state index contributed by atoms with van der Waals surface area (Å²) in [5, 5.41) is 0. The second-order valence-electron chi connectivity index (χ2n) is 9.28. The van der Waals surface area contributed by atoms with Gasteiger partial charge >= 0.3 is 0 Å². The molecule has 0 radical (unpaired) electrons. The summed E-state index contributed by atoms with van der Waals surface area (Å²) in [6.45, 7) is 6.82. The Kier molecular flexibility index (Phi) is 2.66. The number of rotatable bonds is 0. The highest BCUT2D eigenvalue weighted by molar-refractivity contribution is 5.86. The monoisotopic (exact) mass is 288 g/mol. The molecular formula is C19H28O2. The molecule has 116 valence electrons. The van der Waals surface area contributed by atoms with E-state index < -0.39 is 0 Å². The van der Waals surface area contributed by atoms with Gasteiger partial charge in [0.25, 0.3) is 0 Å². The smallest absolute Gasteiger partial charge is 0.138 e. The Morgan fingerprint density at radius 1 is 0.952 bits per heavy atom. The molecule has 0 N–H and O–H groups in total. The van der Waals surface area contributed by atoms with Gasteiger partial charge in [0.05, 0.1) is 0 Å². The van der Waals surface area contributed by atoms with E-state index in [4.69, 9.17) is 0 Å². The molecule has 4 fully saturated rings. The molecule has 4 saturated carbocycles. The minimum absolute atomic E-state index is 0.159. The number of hydrogen-bond acceptors (Lipinski definition) is 2. The first-order valence-electron chi connectivity index (χ1n) is 8.86. The summed E-state index contributed by atoms with van der Waals surface area (Å²) in [7, 11) is 0. The first kappa shape index (κ1) is 14.0. The molecule has 2 nitrogen and oxygen atoms in total. The SMILES string of the molecule is CC1(C)C(=O)CC[C@@]2(C)[C@H]1CC[C@]13CC(=O)[C@H](CC[C@@H]12)C3. The van der Waals surface area contributed by atoms with Crippen molar-refractivity contribution in [2.24, 2.45) is 34.0 Å². The average Bonchev–Trinajstić information content (AvgIpc) is 2.65. The van der Waals surface area contributed by atoms with Crippen LogP contribution in [0.1, 0.15) is 72.1 Å². The zero-order valence-electron chi connectivity index (χ0n) is 13.7. The quantitative estimate of drug-likeness (QED) is 0.670. The molecule has 4 aliphatic rings. The van der Waals surface area contributed by atoms with Gasteiger partial charge in [-0.1, -0.05) is 20.8 Å². The van der Waals surface area contributed by atoms with Crippen LogP contribution in [-0.2, 0) is 9.59 Å². The molecule has 21 heavy (non-hydrogen) atoms. The summed E-state index contributed by atoms with van der Waals surface area (Å²) < 4.78 is 0. The molecule has 2 bridgehead atoms. The van der Waals surface area contributed by atoms with Gasteiger partial charge < -0.3 is 0 Å². The van der Waals surface area contributed by atoms with E-state index in [1.165, 1.54) is 12.8 Å². The second-order valence-corrected chi connectivity index (χ2v) is 9.28. The Morgan fingerprint density at radius 3 is 2.48 bits per heavy atom. The van der Waals surface area contributed by atoms with E-state index in [-0.39, 0.29) is 10.8 Å². The van der Waals surface area contributed by atoms with Crippen molar-refractivity contribution in [1.29, 1.82) is 0 Å². The molecule has 5 atom stereocenters. The molecule has 0 aromatic heterocycles. The topological polar surface area (TPSA) is 34.1 Å². The predicted octanol–water partition coefficient (Wildman–Crippen LogP) is 4.17. The van der Waals surface area contributed by atoms with Crippen molar-refractivity contribution in [2.45, 2.75) is 72.1 Å². The molecule has 0 saturated heterocycles. The van der Waals surface area contributed by atoms with Crippen molar-refractivity contribution < 1.29 is 9.59 Å². The van der Waals surface area contributed by atoms with E-state index in [0.29, 0.717) is 34.7 Å². The molecule has 2 heteroatoms. The predicted molar refractivity (Wildman–Crippen MR) is 81.7 cm³/mol. The number of Topliss-reactive ketones (excluding diaryl/α,β-unsaturated/α-hetero) is 2. The van der Waals surface area contributed by atoms with Crippen LogP contribution in [0.2, 0.25) is 0 Å². The van der Waals surface area contributed by atoms with Gasteiger partial charge in [0.1, 0.15) is 11.6 Å². The van der Waals surface area contributed by atoms with Crippen molar-refractivity contribution in [3.8, 4) is 0 Å². The van der Waals surface area contributed by atoms with Crippen LogP contribution in [0.3, 0.4) is 0 Å². The van der Waals surface area contributed by atoms with Crippen molar-refractivity contribution in [3.63, 3.8) is 0 Å². The van der Waals surface area contributed by atoms with E-state index in [1.807, 2.05) is 0 Å². The third-order valence-corrected chi connectivity index (χ3v) is 8.18. The van der Waals surface area contributed by atoms with Crippen molar-refractivity contribution >= 4 is 11.6 Å². The zero-order chi connectivity index (χ0) is 15.0. The Labute approximate surface area is 128 Å². The Bertz CT molecular complexity index is 520. The van der Waals surface area contributed by atoms with E-state index in [1.54, 1.807) is 0 Å². The lowest BCUT2D eigenvalue weighted by molar-refractivity contribution is -0.165. The van der Waals surface area contributed by atoms with Crippen LogP contribution >= 0.6 is 0 Å². The molecular weight excluding hydrogens is 260 g/mol. The van der Waals surface area contributed by atoms with Gasteiger partial charge in [0.15, 0.2) is 0 Å². The van der Waals surface area contributed by atoms with Gasteiger partial charge in [0.2, 0.25) is 0 Å². The lowest BCUT2D eigenvalue weighted by Gasteiger charge is -2.63. The number of carbonyl (C=O) groups is 2. The molecule has 4 rings (SSSR count). The Hall–Kier alpha value is -0.660. The van der Waals surface area contributed by atoms with Crippen LogP contribution in [0, 0.1) is 34.0 Å². The van der Waals surface area contributed by atoms with E-state index in [2.05, 4.69) is 20.8 Å². The first-order chi connectivity index (χ1) is 9.80. The summed E-state index contributed by atoms with van der Waals surface area (Å²) in [5.74, 6) is 2.59. The first-order valence-corrected chi connectivity index (χ1v) is 8.86. The highest BCUT2D eigenvalue weighted by Gasteiger charge is 2.65. The molecule has 0 amide bonds. The lowest BCUT2D eigenvalue weighted by atomic mass is 9.41. The van der Waals surface area contributed by atoms with Crippen LogP contribution in [0.5, 0.6) is 0 Å². The summed E-state index contributed by atoms with van der Waals surface area (Å²) in [6, 6.07) is 0. The highest BCUT2D eigenvalue weighted by atomic mass is 16.1. The van der Waals surface area contributed by atoms with Gasteiger partial charge in [-0.25, -0.2) is 0 Å². The maximum atomic E-state index is 12.4. The average molecular weight is 288 g/mol. The van der Waals surface area contributed by atoms with Gasteiger partial charge in [-0.2, -0.15) is 0 Å². The highest BCUT2D eigenvalue weighted by Crippen LogP contribution is 2.70. The number of hydrogen-bond donors (Lipinski definition) is 0. The normalized spacial score (nSPS) is 51.5. The fraction of sp³-hybridized carbons (Fsp3) is 0.895. The standard InChI is InChI=1S/C19H28O2/c1-17(2)14-6-9-19-10-12(13(20)11-19)4-5-15(19)18(14,3)8-7-16(17)21/h12,14-15H,4-11H2,1-3H3/t12-,14+,15-,18+,19+/m1/s1.